The third-order valence-corrected chi connectivity index (χ3v) is 3.13. The van der Waals surface area contributed by atoms with Crippen molar-refractivity contribution in [3.63, 3.8) is 0 Å². The van der Waals surface area contributed by atoms with Gasteiger partial charge in [0, 0.05) is 25.5 Å². The lowest BCUT2D eigenvalue weighted by atomic mass is 10.1. The van der Waals surface area contributed by atoms with Crippen molar-refractivity contribution in [3.8, 4) is 0 Å². The summed E-state index contributed by atoms with van der Waals surface area (Å²) in [4.78, 5) is 10.4. The molecule has 1 aromatic carbocycles. The molecule has 0 saturated carbocycles. The van der Waals surface area contributed by atoms with E-state index in [0.29, 0.717) is 6.54 Å². The Kier molecular flexibility index (Phi) is 3.89. The zero-order valence-corrected chi connectivity index (χ0v) is 10.7. The Bertz CT molecular complexity index is 498. The van der Waals surface area contributed by atoms with Gasteiger partial charge in [-0.05, 0) is 24.6 Å². The predicted molar refractivity (Wildman–Crippen MR) is 73.4 cm³/mol. The molecule has 0 radical (unpaired) electrons. The van der Waals surface area contributed by atoms with Gasteiger partial charge in [-0.1, -0.05) is 18.2 Å². The van der Waals surface area contributed by atoms with Crippen LogP contribution in [0.4, 0.5) is 5.69 Å². The van der Waals surface area contributed by atoms with Crippen molar-refractivity contribution in [2.45, 2.75) is 13.0 Å². The zero-order chi connectivity index (χ0) is 13.0. The first-order valence-corrected chi connectivity index (χ1v) is 5.98. The summed E-state index contributed by atoms with van der Waals surface area (Å²) in [6, 6.07) is 10.2. The fourth-order valence-electron chi connectivity index (χ4n) is 2.10. The molecule has 4 heteroatoms. The molecule has 0 bridgehead atoms. The van der Waals surface area contributed by atoms with E-state index in [9.17, 15) is 0 Å². The first-order chi connectivity index (χ1) is 8.74. The van der Waals surface area contributed by atoms with Crippen LogP contribution in [0.3, 0.4) is 0 Å². The second-order valence-electron chi connectivity index (χ2n) is 4.28. The highest BCUT2D eigenvalue weighted by Gasteiger charge is 2.18. The molecule has 0 aliphatic rings. The number of benzene rings is 1. The molecule has 1 heterocycles. The highest BCUT2D eigenvalue weighted by Crippen LogP contribution is 2.26. The fourth-order valence-corrected chi connectivity index (χ4v) is 2.10. The molecule has 0 spiro atoms. The van der Waals surface area contributed by atoms with Crippen LogP contribution in [-0.4, -0.2) is 23.6 Å². The molecular formula is C14H18N4. The number of aryl methyl sites for hydroxylation is 1. The van der Waals surface area contributed by atoms with E-state index in [-0.39, 0.29) is 6.04 Å². The van der Waals surface area contributed by atoms with Gasteiger partial charge >= 0.3 is 0 Å². The van der Waals surface area contributed by atoms with Crippen LogP contribution in [0.5, 0.6) is 0 Å². The first kappa shape index (κ1) is 12.5. The lowest BCUT2D eigenvalue weighted by molar-refractivity contribution is 0.656. The van der Waals surface area contributed by atoms with E-state index in [4.69, 9.17) is 5.73 Å². The van der Waals surface area contributed by atoms with Gasteiger partial charge in [-0.3, -0.25) is 0 Å². The van der Waals surface area contributed by atoms with Gasteiger partial charge in [0.2, 0.25) is 0 Å². The maximum absolute atomic E-state index is 5.89. The Labute approximate surface area is 107 Å². The molecule has 2 rings (SSSR count). The van der Waals surface area contributed by atoms with Crippen LogP contribution in [0, 0.1) is 6.92 Å². The smallest absolute Gasteiger partial charge is 0.115 e. The Morgan fingerprint density at radius 1 is 1.28 bits per heavy atom. The third kappa shape index (κ3) is 2.49. The monoisotopic (exact) mass is 242 g/mol. The Hall–Kier alpha value is -1.94. The summed E-state index contributed by atoms with van der Waals surface area (Å²) in [5.74, 6) is 0. The Balaban J connectivity index is 2.32. The number of anilines is 1. The maximum atomic E-state index is 5.89. The number of hydrogen-bond acceptors (Lipinski definition) is 4. The van der Waals surface area contributed by atoms with E-state index < -0.39 is 0 Å². The van der Waals surface area contributed by atoms with E-state index in [1.165, 1.54) is 11.3 Å². The zero-order valence-electron chi connectivity index (χ0n) is 10.7. The molecule has 0 aliphatic carbocycles. The van der Waals surface area contributed by atoms with Crippen LogP contribution in [0.2, 0.25) is 0 Å². The average Bonchev–Trinajstić information content (AvgIpc) is 2.41. The summed E-state index contributed by atoms with van der Waals surface area (Å²) in [6.45, 7) is 2.61. The maximum Gasteiger partial charge on any atom is 0.115 e. The molecule has 0 aliphatic heterocycles. The van der Waals surface area contributed by atoms with Crippen molar-refractivity contribution < 1.29 is 0 Å². The van der Waals surface area contributed by atoms with E-state index in [2.05, 4.69) is 33.9 Å². The SMILES string of the molecule is Cc1ccccc1N(C)C(CN)c1ccncn1. The summed E-state index contributed by atoms with van der Waals surface area (Å²) < 4.78 is 0. The summed E-state index contributed by atoms with van der Waals surface area (Å²) >= 11 is 0. The van der Waals surface area contributed by atoms with Gasteiger partial charge in [-0.25, -0.2) is 9.97 Å². The molecule has 0 saturated heterocycles. The molecule has 1 unspecified atom stereocenters. The van der Waals surface area contributed by atoms with Gasteiger partial charge in [-0.2, -0.15) is 0 Å². The number of para-hydroxylation sites is 1. The van der Waals surface area contributed by atoms with Crippen molar-refractivity contribution in [1.82, 2.24) is 9.97 Å². The van der Waals surface area contributed by atoms with Gasteiger partial charge in [0.25, 0.3) is 0 Å². The Morgan fingerprint density at radius 3 is 2.67 bits per heavy atom. The second-order valence-corrected chi connectivity index (χ2v) is 4.28. The van der Waals surface area contributed by atoms with Crippen LogP contribution in [-0.2, 0) is 0 Å². The average molecular weight is 242 g/mol. The molecule has 1 atom stereocenters. The van der Waals surface area contributed by atoms with Crippen LogP contribution in [0.1, 0.15) is 17.3 Å². The topological polar surface area (TPSA) is 55.0 Å². The van der Waals surface area contributed by atoms with Crippen LogP contribution < -0.4 is 10.6 Å². The largest absolute Gasteiger partial charge is 0.364 e. The third-order valence-electron chi connectivity index (χ3n) is 3.13. The lowest BCUT2D eigenvalue weighted by Gasteiger charge is -2.29. The minimum atomic E-state index is 0.0640. The number of nitrogens with zero attached hydrogens (tertiary/aromatic N) is 3. The Morgan fingerprint density at radius 2 is 2.06 bits per heavy atom. The predicted octanol–water partition coefficient (Wildman–Crippen LogP) is 1.92. The van der Waals surface area contributed by atoms with Gasteiger partial charge in [0.1, 0.15) is 6.33 Å². The quantitative estimate of drug-likeness (QED) is 0.890. The summed E-state index contributed by atoms with van der Waals surface area (Å²) in [7, 11) is 2.04. The summed E-state index contributed by atoms with van der Waals surface area (Å²) in [6.07, 6.45) is 3.31. The second kappa shape index (κ2) is 5.60. The molecule has 94 valence electrons. The highest BCUT2D eigenvalue weighted by molar-refractivity contribution is 5.53. The van der Waals surface area contributed by atoms with Crippen molar-refractivity contribution in [3.05, 3.63) is 54.1 Å². The van der Waals surface area contributed by atoms with Gasteiger partial charge < -0.3 is 10.6 Å². The molecule has 1 aromatic heterocycles. The number of likely N-dealkylation sites (N-methyl/N-ethyl adjacent to an activating group) is 1. The minimum absolute atomic E-state index is 0.0640. The molecule has 0 fully saturated rings. The van der Waals surface area contributed by atoms with Crippen molar-refractivity contribution >= 4 is 5.69 Å². The molecule has 4 nitrogen and oxygen atoms in total. The first-order valence-electron chi connectivity index (χ1n) is 5.98. The standard InChI is InChI=1S/C14H18N4/c1-11-5-3-4-6-13(11)18(2)14(9-15)12-7-8-16-10-17-12/h3-8,10,14H,9,15H2,1-2H3. The number of rotatable bonds is 4. The molecule has 18 heavy (non-hydrogen) atoms. The molecule has 0 amide bonds. The van der Waals surface area contributed by atoms with Gasteiger partial charge in [-0.15, -0.1) is 0 Å². The van der Waals surface area contributed by atoms with Crippen LogP contribution >= 0.6 is 0 Å². The van der Waals surface area contributed by atoms with Gasteiger partial charge in [0.15, 0.2) is 0 Å². The fraction of sp³-hybridized carbons (Fsp3) is 0.286. The molecular weight excluding hydrogens is 224 g/mol. The lowest BCUT2D eigenvalue weighted by Crippen LogP contribution is -2.31. The number of hydrogen-bond donors (Lipinski definition) is 1. The van der Waals surface area contributed by atoms with E-state index in [0.717, 1.165) is 5.69 Å². The summed E-state index contributed by atoms with van der Waals surface area (Å²) in [5, 5.41) is 0. The van der Waals surface area contributed by atoms with E-state index >= 15 is 0 Å². The molecule has 2 N–H and O–H groups in total. The number of aromatic nitrogens is 2. The van der Waals surface area contributed by atoms with Crippen LogP contribution in [0.25, 0.3) is 0 Å². The highest BCUT2D eigenvalue weighted by atomic mass is 15.2. The number of nitrogens with two attached hydrogens (primary N) is 1. The molecule has 2 aromatic rings. The van der Waals surface area contributed by atoms with E-state index in [1.807, 2.05) is 25.2 Å². The van der Waals surface area contributed by atoms with E-state index in [1.54, 1.807) is 12.5 Å². The van der Waals surface area contributed by atoms with Crippen molar-refractivity contribution in [1.29, 1.82) is 0 Å². The van der Waals surface area contributed by atoms with Gasteiger partial charge in [0.05, 0.1) is 11.7 Å². The summed E-state index contributed by atoms with van der Waals surface area (Å²) in [5.41, 5.74) is 9.24. The normalized spacial score (nSPS) is 12.2. The van der Waals surface area contributed by atoms with Crippen LogP contribution in [0.15, 0.2) is 42.9 Å². The minimum Gasteiger partial charge on any atom is -0.364 e. The van der Waals surface area contributed by atoms with Crippen molar-refractivity contribution in [2.75, 3.05) is 18.5 Å². The van der Waals surface area contributed by atoms with Crippen molar-refractivity contribution in [2.24, 2.45) is 5.73 Å².